The Balaban J connectivity index is 1.66. The molecule has 0 spiro atoms. The van der Waals surface area contributed by atoms with E-state index in [2.05, 4.69) is 20.3 Å². The van der Waals surface area contributed by atoms with Crippen molar-refractivity contribution in [1.82, 2.24) is 15.5 Å². The summed E-state index contributed by atoms with van der Waals surface area (Å²) in [5.41, 5.74) is 3.49. The Morgan fingerprint density at radius 2 is 2.30 bits per heavy atom. The molecule has 7 nitrogen and oxygen atoms in total. The fraction of sp³-hybridized carbons (Fsp3) is 0.348. The topological polar surface area (TPSA) is 84.8 Å². The van der Waals surface area contributed by atoms with Crippen LogP contribution in [0.3, 0.4) is 0 Å². The van der Waals surface area contributed by atoms with Crippen LogP contribution in [0, 0.1) is 6.57 Å². The molecule has 0 saturated carbocycles. The van der Waals surface area contributed by atoms with E-state index in [1.54, 1.807) is 32.0 Å². The molecule has 4 rings (SSSR count). The first kappa shape index (κ1) is 17.6. The van der Waals surface area contributed by atoms with Gasteiger partial charge in [0.25, 0.3) is 5.89 Å². The van der Waals surface area contributed by atoms with Crippen LogP contribution in [0.15, 0.2) is 40.9 Å². The Bertz CT molecular complexity index is 1180. The summed E-state index contributed by atoms with van der Waals surface area (Å²) in [5.74, 6) is 1.01. The van der Waals surface area contributed by atoms with E-state index in [9.17, 15) is 0 Å². The lowest BCUT2D eigenvalue weighted by Crippen LogP contribution is -2.22. The van der Waals surface area contributed by atoms with Crippen LogP contribution in [0.4, 0.5) is 5.69 Å². The summed E-state index contributed by atoms with van der Waals surface area (Å²) in [4.78, 5) is 8.04. The van der Waals surface area contributed by atoms with Gasteiger partial charge in [0.15, 0.2) is 0 Å². The van der Waals surface area contributed by atoms with Crippen molar-refractivity contribution in [3.8, 4) is 28.6 Å². The predicted molar refractivity (Wildman–Crippen MR) is 113 cm³/mol. The highest BCUT2D eigenvalue weighted by Crippen LogP contribution is 2.38. The maximum absolute atomic E-state index is 9.13. The van der Waals surface area contributed by atoms with Crippen molar-refractivity contribution < 1.29 is 17.1 Å². The highest BCUT2D eigenvalue weighted by molar-refractivity contribution is 5.70. The summed E-state index contributed by atoms with van der Waals surface area (Å²) in [6, 6.07) is 9.69. The number of hydrogen-bond donors (Lipinski definition) is 2. The molecule has 0 amide bonds. The molecule has 1 atom stereocenters. The summed E-state index contributed by atoms with van der Waals surface area (Å²) in [6.07, 6.45) is 0.117. The molecule has 0 bridgehead atoms. The molecule has 2 N–H and O–H groups in total. The second-order valence-corrected chi connectivity index (χ2v) is 7.19. The maximum Gasteiger partial charge on any atom is 0.256 e. The van der Waals surface area contributed by atoms with E-state index in [0.29, 0.717) is 36.5 Å². The number of benzene rings is 2. The summed E-state index contributed by atoms with van der Waals surface area (Å²) in [6.45, 7) is 11.0. The molecule has 154 valence electrons. The molecule has 2 aromatic carbocycles. The standard InChI is InChI=1S/C23H24N4O3/c1-14(2)29-21-10-7-15(13-20(21)24-3)23-26-22(27-30-23)18-6-4-5-17-16(18)8-9-19(17)25-11-12-28/h4-7,10,13-14,19,25,28H,8-9,11-12H2,1-2H3/t19-/m0/s1/i14D,19D. The fourth-order valence-electron chi connectivity index (χ4n) is 3.62. The molecular formula is C23H24N4O3. The van der Waals surface area contributed by atoms with Gasteiger partial charge in [0.05, 0.1) is 22.0 Å². The van der Waals surface area contributed by atoms with Crippen LogP contribution >= 0.6 is 0 Å². The van der Waals surface area contributed by atoms with E-state index < -0.39 is 12.1 Å². The summed E-state index contributed by atoms with van der Waals surface area (Å²) < 4.78 is 27.7. The minimum absolute atomic E-state index is 0.0282. The Morgan fingerprint density at radius 1 is 1.43 bits per heavy atom. The van der Waals surface area contributed by atoms with Crippen molar-refractivity contribution in [2.75, 3.05) is 13.2 Å². The Labute approximate surface area is 178 Å². The molecule has 1 aliphatic carbocycles. The molecule has 3 aromatic rings. The van der Waals surface area contributed by atoms with Gasteiger partial charge < -0.3 is 19.7 Å². The van der Waals surface area contributed by atoms with Crippen molar-refractivity contribution in [2.24, 2.45) is 0 Å². The van der Waals surface area contributed by atoms with Crippen molar-refractivity contribution in [3.05, 3.63) is 58.9 Å². The number of ether oxygens (including phenoxy) is 1. The van der Waals surface area contributed by atoms with Crippen molar-refractivity contribution in [2.45, 2.75) is 38.8 Å². The first-order valence-electron chi connectivity index (χ1n) is 10.8. The SMILES string of the molecule is [2H]C(C)(C)Oc1ccc(-c2nc(-c3cccc4c3CC[C@]4([2H])NCCO)no2)cc1[N+]#[C-]. The smallest absolute Gasteiger partial charge is 0.256 e. The number of nitrogens with one attached hydrogen (secondary N) is 1. The van der Waals surface area contributed by atoms with Crippen molar-refractivity contribution >= 4 is 5.69 Å². The Morgan fingerprint density at radius 3 is 3.07 bits per heavy atom. The van der Waals surface area contributed by atoms with Gasteiger partial charge in [-0.15, -0.1) is 0 Å². The first-order valence-corrected chi connectivity index (χ1v) is 9.77. The average molecular weight is 406 g/mol. The molecule has 0 radical (unpaired) electrons. The average Bonchev–Trinajstić information content (AvgIpc) is 3.37. The second-order valence-electron chi connectivity index (χ2n) is 7.19. The zero-order chi connectivity index (χ0) is 22.9. The van der Waals surface area contributed by atoms with Gasteiger partial charge in [0.2, 0.25) is 11.5 Å². The van der Waals surface area contributed by atoms with Gasteiger partial charge in [0, 0.05) is 23.7 Å². The van der Waals surface area contributed by atoms with Crippen LogP contribution < -0.4 is 10.1 Å². The predicted octanol–water partition coefficient (Wildman–Crippen LogP) is 4.31. The third-order valence-electron chi connectivity index (χ3n) is 4.88. The highest BCUT2D eigenvalue weighted by Gasteiger charge is 2.26. The van der Waals surface area contributed by atoms with Crippen LogP contribution in [0.1, 0.15) is 40.2 Å². The van der Waals surface area contributed by atoms with Crippen LogP contribution in [0.5, 0.6) is 5.75 Å². The van der Waals surface area contributed by atoms with E-state index in [0.717, 1.165) is 16.7 Å². The third-order valence-corrected chi connectivity index (χ3v) is 4.88. The van der Waals surface area contributed by atoms with Crippen LogP contribution in [-0.4, -0.2) is 34.5 Å². The lowest BCUT2D eigenvalue weighted by molar-refractivity contribution is 0.244. The molecule has 30 heavy (non-hydrogen) atoms. The van der Waals surface area contributed by atoms with Crippen LogP contribution in [0.25, 0.3) is 27.7 Å². The molecule has 1 aliphatic rings. The minimum Gasteiger partial charge on any atom is -0.502 e. The van der Waals surface area contributed by atoms with Gasteiger partial charge in [-0.2, -0.15) is 4.98 Å². The number of hydrogen-bond acceptors (Lipinski definition) is 6. The number of aliphatic hydroxyl groups is 1. The second kappa shape index (κ2) is 8.66. The summed E-state index contributed by atoms with van der Waals surface area (Å²) in [7, 11) is 0. The van der Waals surface area contributed by atoms with Gasteiger partial charge in [-0.25, -0.2) is 4.85 Å². The zero-order valence-electron chi connectivity index (χ0n) is 18.9. The zero-order valence-corrected chi connectivity index (χ0v) is 16.9. The third kappa shape index (κ3) is 3.92. The molecule has 7 heteroatoms. The molecular weight excluding hydrogens is 380 g/mol. The van der Waals surface area contributed by atoms with E-state index in [4.69, 9.17) is 23.7 Å². The lowest BCUT2D eigenvalue weighted by atomic mass is 10.0. The van der Waals surface area contributed by atoms with Gasteiger partial charge in [-0.3, -0.25) is 0 Å². The van der Waals surface area contributed by atoms with Crippen LogP contribution in [0.2, 0.25) is 0 Å². The van der Waals surface area contributed by atoms with Crippen molar-refractivity contribution in [3.63, 3.8) is 0 Å². The molecule has 0 saturated heterocycles. The number of rotatable bonds is 7. The van der Waals surface area contributed by atoms with E-state index in [-0.39, 0.29) is 18.2 Å². The van der Waals surface area contributed by atoms with Gasteiger partial charge in [0.1, 0.15) is 5.75 Å². The Kier molecular flexibility index (Phi) is 5.09. The summed E-state index contributed by atoms with van der Waals surface area (Å²) >= 11 is 0. The summed E-state index contributed by atoms with van der Waals surface area (Å²) in [5, 5.41) is 16.4. The highest BCUT2D eigenvalue weighted by atomic mass is 16.5. The minimum atomic E-state index is -1.16. The molecule has 0 fully saturated rings. The largest absolute Gasteiger partial charge is 0.502 e. The number of nitrogens with zero attached hydrogens (tertiary/aromatic N) is 3. The quantitative estimate of drug-likeness (QED) is 0.569. The number of aromatic nitrogens is 2. The molecule has 1 heterocycles. The van der Waals surface area contributed by atoms with Gasteiger partial charge in [-0.1, -0.05) is 23.4 Å². The van der Waals surface area contributed by atoms with E-state index in [1.165, 1.54) is 0 Å². The molecule has 0 unspecified atom stereocenters. The van der Waals surface area contributed by atoms with E-state index in [1.807, 2.05) is 18.2 Å². The maximum atomic E-state index is 9.13. The lowest BCUT2D eigenvalue weighted by Gasteiger charge is -2.13. The van der Waals surface area contributed by atoms with Crippen LogP contribution in [-0.2, 0) is 6.42 Å². The number of fused-ring (bicyclic) bond motifs is 1. The first-order chi connectivity index (χ1) is 15.2. The van der Waals surface area contributed by atoms with E-state index >= 15 is 0 Å². The van der Waals surface area contributed by atoms with Gasteiger partial charge in [-0.05, 0) is 56.0 Å². The fourth-order valence-corrected chi connectivity index (χ4v) is 3.62. The van der Waals surface area contributed by atoms with Crippen molar-refractivity contribution in [1.29, 1.82) is 0 Å². The normalized spacial score (nSPS) is 19.0. The molecule has 1 aromatic heterocycles. The monoisotopic (exact) mass is 406 g/mol. The van der Waals surface area contributed by atoms with Gasteiger partial charge >= 0.3 is 0 Å². The number of aliphatic hydroxyl groups excluding tert-OH is 1. The molecule has 0 aliphatic heterocycles. The Hall–Kier alpha value is -3.21.